The summed E-state index contributed by atoms with van der Waals surface area (Å²) in [5, 5.41) is 12.4. The van der Waals surface area contributed by atoms with E-state index in [1.807, 2.05) is 23.6 Å². The van der Waals surface area contributed by atoms with Crippen molar-refractivity contribution in [3.63, 3.8) is 0 Å². The van der Waals surface area contributed by atoms with Crippen LogP contribution in [0, 0.1) is 0 Å². The highest BCUT2D eigenvalue weighted by Crippen LogP contribution is 2.41. The molecule has 2 aromatic rings. The zero-order valence-electron chi connectivity index (χ0n) is 12.1. The van der Waals surface area contributed by atoms with E-state index in [2.05, 4.69) is 0 Å². The third kappa shape index (κ3) is 2.72. The number of aliphatic hydroxyl groups is 1. The molecule has 114 valence electrons. The molecule has 22 heavy (non-hydrogen) atoms. The summed E-state index contributed by atoms with van der Waals surface area (Å²) in [5.74, 6) is -0.231. The second kappa shape index (κ2) is 6.23. The lowest BCUT2D eigenvalue weighted by Crippen LogP contribution is -2.19. The highest BCUT2D eigenvalue weighted by molar-refractivity contribution is 7.11. The lowest BCUT2D eigenvalue weighted by Gasteiger charge is -2.23. The molecule has 3 rings (SSSR count). The average Bonchev–Trinajstić information content (AvgIpc) is 3.20. The van der Waals surface area contributed by atoms with E-state index in [-0.39, 0.29) is 23.9 Å². The monoisotopic (exact) mass is 316 g/mol. The Balaban J connectivity index is 2.04. The van der Waals surface area contributed by atoms with Gasteiger partial charge in [-0.2, -0.15) is 0 Å². The van der Waals surface area contributed by atoms with Gasteiger partial charge in [0.25, 0.3) is 0 Å². The Labute approximate surface area is 132 Å². The number of hydrogen-bond acceptors (Lipinski definition) is 5. The van der Waals surface area contributed by atoms with E-state index in [9.17, 15) is 9.90 Å². The fraction of sp³-hybridized carbons (Fsp3) is 0.235. The van der Waals surface area contributed by atoms with E-state index in [0.29, 0.717) is 12.2 Å². The minimum absolute atomic E-state index is 0.0468. The van der Waals surface area contributed by atoms with Crippen molar-refractivity contribution in [1.29, 1.82) is 0 Å². The molecule has 0 amide bonds. The van der Waals surface area contributed by atoms with Crippen LogP contribution in [0.4, 0.5) is 0 Å². The minimum Gasteiger partial charge on any atom is -0.507 e. The van der Waals surface area contributed by atoms with Crippen molar-refractivity contribution >= 4 is 22.9 Å². The normalized spacial score (nSPS) is 18.2. The Bertz CT molecular complexity index is 708. The van der Waals surface area contributed by atoms with Crippen molar-refractivity contribution in [2.24, 2.45) is 0 Å². The smallest absolute Gasteiger partial charge is 0.338 e. The topological polar surface area (TPSA) is 59.7 Å². The number of furan rings is 1. The molecule has 2 heterocycles. The summed E-state index contributed by atoms with van der Waals surface area (Å²) < 4.78 is 10.5. The highest BCUT2D eigenvalue weighted by Gasteiger charge is 2.33. The van der Waals surface area contributed by atoms with E-state index in [4.69, 9.17) is 9.15 Å². The van der Waals surface area contributed by atoms with Gasteiger partial charge in [0.1, 0.15) is 11.5 Å². The van der Waals surface area contributed by atoms with E-state index < -0.39 is 5.97 Å². The van der Waals surface area contributed by atoms with Crippen molar-refractivity contribution in [3.05, 3.63) is 64.0 Å². The van der Waals surface area contributed by atoms with Crippen LogP contribution < -0.4 is 0 Å². The lowest BCUT2D eigenvalue weighted by atomic mass is 9.83. The summed E-state index contributed by atoms with van der Waals surface area (Å²) in [6.07, 6.45) is 3.81. The maximum atomic E-state index is 12.2. The number of carbonyl (C=O) groups excluding carboxylic acids is 1. The fourth-order valence-electron chi connectivity index (χ4n) is 2.62. The van der Waals surface area contributed by atoms with Gasteiger partial charge >= 0.3 is 5.97 Å². The van der Waals surface area contributed by atoms with Crippen molar-refractivity contribution in [3.8, 4) is 0 Å². The summed E-state index contributed by atoms with van der Waals surface area (Å²) in [4.78, 5) is 13.3. The van der Waals surface area contributed by atoms with Crippen LogP contribution in [0.3, 0.4) is 0 Å². The Morgan fingerprint density at radius 1 is 1.45 bits per heavy atom. The quantitative estimate of drug-likeness (QED) is 0.855. The molecular weight excluding hydrogens is 300 g/mol. The summed E-state index contributed by atoms with van der Waals surface area (Å²) >= 11 is 1.60. The molecule has 2 aromatic heterocycles. The van der Waals surface area contributed by atoms with Gasteiger partial charge in [-0.1, -0.05) is 6.07 Å². The summed E-state index contributed by atoms with van der Waals surface area (Å²) in [5.41, 5.74) is 1.25. The van der Waals surface area contributed by atoms with Crippen LogP contribution in [-0.4, -0.2) is 17.7 Å². The van der Waals surface area contributed by atoms with Crippen LogP contribution in [0.1, 0.15) is 29.9 Å². The van der Waals surface area contributed by atoms with Gasteiger partial charge in [0.15, 0.2) is 0 Å². The zero-order valence-corrected chi connectivity index (χ0v) is 12.9. The summed E-state index contributed by atoms with van der Waals surface area (Å²) in [7, 11) is 0. The zero-order chi connectivity index (χ0) is 15.5. The highest BCUT2D eigenvalue weighted by atomic mass is 32.1. The van der Waals surface area contributed by atoms with Gasteiger partial charge in [0, 0.05) is 4.88 Å². The molecule has 5 heteroatoms. The van der Waals surface area contributed by atoms with Crippen LogP contribution >= 0.6 is 11.3 Å². The first-order chi connectivity index (χ1) is 10.7. The molecule has 1 unspecified atom stereocenters. The number of aliphatic hydroxyl groups excluding tert-OH is 1. The molecule has 0 bridgehead atoms. The number of esters is 1. The molecule has 1 N–H and O–H groups in total. The molecule has 0 spiro atoms. The number of ether oxygens (including phenoxy) is 1. The van der Waals surface area contributed by atoms with E-state index >= 15 is 0 Å². The first-order valence-corrected chi connectivity index (χ1v) is 7.96. The Morgan fingerprint density at radius 3 is 2.95 bits per heavy atom. The molecule has 0 radical (unpaired) electrons. The van der Waals surface area contributed by atoms with Gasteiger partial charge in [-0.3, -0.25) is 0 Å². The molecule has 0 saturated heterocycles. The summed E-state index contributed by atoms with van der Waals surface area (Å²) in [6, 6.07) is 7.55. The van der Waals surface area contributed by atoms with E-state index in [1.165, 1.54) is 0 Å². The second-order valence-corrected chi connectivity index (χ2v) is 5.89. The molecule has 1 aliphatic rings. The standard InChI is InChI=1S/C17H16O4S/c1-2-20-17(19)16-12(14-5-3-7-21-14)9-11(10-13(16)18)15-6-4-8-22-15/h3-8,10,12,18H,2,9H2,1H3. The minimum atomic E-state index is -0.497. The molecular formula is C17H16O4S. The molecule has 1 atom stereocenters. The van der Waals surface area contributed by atoms with Gasteiger partial charge in [-0.15, -0.1) is 11.3 Å². The number of thiophene rings is 1. The SMILES string of the molecule is CCOC(=O)C1=C(O)C=C(c2cccs2)CC1c1ccco1. The number of hydrogen-bond donors (Lipinski definition) is 1. The first kappa shape index (κ1) is 14.7. The van der Waals surface area contributed by atoms with Gasteiger partial charge in [0.05, 0.1) is 24.4 Å². The largest absolute Gasteiger partial charge is 0.507 e. The molecule has 1 aliphatic carbocycles. The van der Waals surface area contributed by atoms with E-state index in [0.717, 1.165) is 10.5 Å². The lowest BCUT2D eigenvalue weighted by molar-refractivity contribution is -0.139. The molecule has 0 saturated carbocycles. The first-order valence-electron chi connectivity index (χ1n) is 7.08. The van der Waals surface area contributed by atoms with Gasteiger partial charge in [-0.05, 0) is 48.6 Å². The third-order valence-electron chi connectivity index (χ3n) is 3.58. The van der Waals surface area contributed by atoms with Crippen LogP contribution in [-0.2, 0) is 9.53 Å². The van der Waals surface area contributed by atoms with Crippen molar-refractivity contribution in [1.82, 2.24) is 0 Å². The maximum absolute atomic E-state index is 12.2. The molecule has 0 aliphatic heterocycles. The van der Waals surface area contributed by atoms with Crippen LogP contribution in [0.5, 0.6) is 0 Å². The Hall–Kier alpha value is -2.27. The Morgan fingerprint density at radius 2 is 2.32 bits per heavy atom. The molecule has 0 aromatic carbocycles. The van der Waals surface area contributed by atoms with Gasteiger partial charge < -0.3 is 14.3 Å². The average molecular weight is 316 g/mol. The fourth-order valence-corrected chi connectivity index (χ4v) is 3.38. The Kier molecular flexibility index (Phi) is 4.15. The maximum Gasteiger partial charge on any atom is 0.338 e. The van der Waals surface area contributed by atoms with Gasteiger partial charge in [0.2, 0.25) is 0 Å². The van der Waals surface area contributed by atoms with E-state index in [1.54, 1.807) is 36.7 Å². The third-order valence-corrected chi connectivity index (χ3v) is 4.52. The number of allylic oxidation sites excluding steroid dienone is 2. The van der Waals surface area contributed by atoms with Crippen molar-refractivity contribution in [2.45, 2.75) is 19.3 Å². The number of rotatable bonds is 4. The second-order valence-electron chi connectivity index (χ2n) is 4.94. The van der Waals surface area contributed by atoms with Crippen LogP contribution in [0.15, 0.2) is 57.7 Å². The van der Waals surface area contributed by atoms with Crippen LogP contribution in [0.25, 0.3) is 5.57 Å². The molecule has 0 fully saturated rings. The summed E-state index contributed by atoms with van der Waals surface area (Å²) in [6.45, 7) is 2.01. The van der Waals surface area contributed by atoms with Gasteiger partial charge in [-0.25, -0.2) is 4.79 Å². The molecule has 4 nitrogen and oxygen atoms in total. The van der Waals surface area contributed by atoms with Crippen molar-refractivity contribution < 1.29 is 19.1 Å². The number of carbonyl (C=O) groups is 1. The predicted octanol–water partition coefficient (Wildman–Crippen LogP) is 4.29. The van der Waals surface area contributed by atoms with Crippen LogP contribution in [0.2, 0.25) is 0 Å². The van der Waals surface area contributed by atoms with Crippen molar-refractivity contribution in [2.75, 3.05) is 6.61 Å². The predicted molar refractivity (Wildman–Crippen MR) is 84.6 cm³/mol.